The van der Waals surface area contributed by atoms with Crippen molar-refractivity contribution in [1.29, 1.82) is 0 Å². The maximum Gasteiger partial charge on any atom is 0.219 e. The molecule has 1 radical (unpaired) electrons. The van der Waals surface area contributed by atoms with E-state index in [2.05, 4.69) is 45.0 Å². The molecule has 0 N–H and O–H groups in total. The molecule has 0 unspecified atom stereocenters. The van der Waals surface area contributed by atoms with Gasteiger partial charge < -0.3 is 9.53 Å². The van der Waals surface area contributed by atoms with Crippen molar-refractivity contribution in [3.63, 3.8) is 0 Å². The molecule has 0 spiro atoms. The zero-order chi connectivity index (χ0) is 21.0. The minimum absolute atomic E-state index is 0. The summed E-state index contributed by atoms with van der Waals surface area (Å²) in [6, 6.07) is 7.20. The van der Waals surface area contributed by atoms with E-state index in [1.54, 1.807) is 11.1 Å². The molecular formula is C28H37O2Y-. The summed E-state index contributed by atoms with van der Waals surface area (Å²) >= 11 is 0. The van der Waals surface area contributed by atoms with Gasteiger partial charge in [0.15, 0.2) is 0 Å². The summed E-state index contributed by atoms with van der Waals surface area (Å²) in [5, 5.41) is 0. The molecule has 1 aliphatic heterocycles. The molecule has 2 saturated carbocycles. The zero-order valence-corrected chi connectivity index (χ0v) is 22.5. The second-order valence-corrected chi connectivity index (χ2v) is 10.8. The van der Waals surface area contributed by atoms with E-state index in [1.807, 2.05) is 13.3 Å². The van der Waals surface area contributed by atoms with Crippen molar-refractivity contribution in [2.24, 2.45) is 29.1 Å². The fourth-order valence-electron chi connectivity index (χ4n) is 8.01. The number of aryl methyl sites for hydroxylation is 2. The predicted octanol–water partition coefficient (Wildman–Crippen LogP) is 6.57. The monoisotopic (exact) mass is 494 g/mol. The Labute approximate surface area is 213 Å². The van der Waals surface area contributed by atoms with Crippen molar-refractivity contribution >= 4 is 5.97 Å². The first-order valence-electron chi connectivity index (χ1n) is 12.2. The molecule has 5 rings (SSSR count). The Hall–Kier alpha value is -0.596. The summed E-state index contributed by atoms with van der Waals surface area (Å²) in [5.74, 6) is 3.41. The zero-order valence-electron chi connectivity index (χ0n) is 19.7. The van der Waals surface area contributed by atoms with Crippen LogP contribution in [-0.4, -0.2) is 12.1 Å². The second-order valence-electron chi connectivity index (χ2n) is 10.8. The Kier molecular flexibility index (Phi) is 6.82. The molecule has 2 nitrogen and oxygen atoms in total. The number of benzene rings is 1. The standard InChI is InChI=1S/C28H37O2.Y/c1-5-19-8-13-26(30-27(19)29)18(3)24-11-12-25-23-10-7-20-16-17(2)6-9-21(20)22(23)14-15-28(24,25)4;/h5-6,8-9,16,18,22-26H,7,10-15H2,1-4H3;/q-1;/t18-,22+,23+,24+,25-,26+,28+;/m0./s1. The molecule has 0 aromatic heterocycles. The second kappa shape index (κ2) is 8.98. The minimum atomic E-state index is -0.122. The molecule has 1 aromatic carbocycles. The number of hydrogen-bond donors (Lipinski definition) is 0. The molecule has 3 heteroatoms. The van der Waals surface area contributed by atoms with Crippen LogP contribution in [0, 0.1) is 42.4 Å². The van der Waals surface area contributed by atoms with Gasteiger partial charge in [0, 0.05) is 32.7 Å². The Morgan fingerprint density at radius 1 is 1.19 bits per heavy atom. The summed E-state index contributed by atoms with van der Waals surface area (Å²) in [7, 11) is 0. The third-order valence-corrected chi connectivity index (χ3v) is 9.55. The van der Waals surface area contributed by atoms with E-state index in [0.29, 0.717) is 17.3 Å². The summed E-state index contributed by atoms with van der Waals surface area (Å²) in [6.45, 7) is 9.08. The van der Waals surface area contributed by atoms with Crippen LogP contribution in [0.15, 0.2) is 29.8 Å². The first-order chi connectivity index (χ1) is 14.4. The molecule has 0 amide bonds. The summed E-state index contributed by atoms with van der Waals surface area (Å²) in [4.78, 5) is 12.3. The Bertz CT molecular complexity index is 874. The molecule has 2 fully saturated rings. The van der Waals surface area contributed by atoms with Crippen LogP contribution in [0.4, 0.5) is 0 Å². The molecular weight excluding hydrogens is 457 g/mol. The van der Waals surface area contributed by atoms with Gasteiger partial charge in [-0.25, -0.2) is 0 Å². The SMILES string of the molecule is C[CH-]C1=CC[C@H]([C@@H](C)[C@H]2CC[C@H]3[C@@H]4CCc5cc(C)ccc5[C@H]4CC[C@]23C)OC1=O.[Y]. The normalized spacial score (nSPS) is 37.4. The van der Waals surface area contributed by atoms with Crippen molar-refractivity contribution in [2.45, 2.75) is 84.7 Å². The number of cyclic esters (lactones) is 1. The number of esters is 1. The smallest absolute Gasteiger partial charge is 0.219 e. The average Bonchev–Trinajstić information content (AvgIpc) is 3.10. The maximum absolute atomic E-state index is 12.3. The number of fused-ring (bicyclic) bond motifs is 5. The minimum Gasteiger partial charge on any atom is -0.517 e. The van der Waals surface area contributed by atoms with Crippen LogP contribution >= 0.6 is 0 Å². The molecule has 0 bridgehead atoms. The van der Waals surface area contributed by atoms with Gasteiger partial charge in [-0.05, 0) is 98.0 Å². The molecule has 0 saturated heterocycles. The number of ether oxygens (including phenoxy) is 1. The van der Waals surface area contributed by atoms with Gasteiger partial charge >= 0.3 is 0 Å². The number of rotatable bonds is 3. The molecule has 31 heavy (non-hydrogen) atoms. The first-order valence-corrected chi connectivity index (χ1v) is 12.2. The van der Waals surface area contributed by atoms with Gasteiger partial charge in [0.05, 0.1) is 6.10 Å². The van der Waals surface area contributed by atoms with E-state index in [-0.39, 0.29) is 44.8 Å². The van der Waals surface area contributed by atoms with Crippen LogP contribution in [0.5, 0.6) is 0 Å². The molecule has 165 valence electrons. The van der Waals surface area contributed by atoms with Gasteiger partial charge in [-0.2, -0.15) is 12.5 Å². The van der Waals surface area contributed by atoms with Gasteiger partial charge in [0.1, 0.15) is 0 Å². The van der Waals surface area contributed by atoms with Crippen LogP contribution in [0.25, 0.3) is 0 Å². The fraction of sp³-hybridized carbons (Fsp3) is 0.643. The van der Waals surface area contributed by atoms with Crippen molar-refractivity contribution in [3.8, 4) is 0 Å². The predicted molar refractivity (Wildman–Crippen MR) is 121 cm³/mol. The van der Waals surface area contributed by atoms with Crippen molar-refractivity contribution in [2.75, 3.05) is 0 Å². The largest absolute Gasteiger partial charge is 0.517 e. The summed E-state index contributed by atoms with van der Waals surface area (Å²) in [6.07, 6.45) is 12.8. The molecule has 4 aliphatic rings. The third kappa shape index (κ3) is 3.88. The van der Waals surface area contributed by atoms with Crippen molar-refractivity contribution in [1.82, 2.24) is 0 Å². The molecule has 1 aromatic rings. The van der Waals surface area contributed by atoms with E-state index in [9.17, 15) is 4.79 Å². The number of carbonyl (C=O) groups excluding carboxylic acids is 1. The van der Waals surface area contributed by atoms with Gasteiger partial charge in [-0.3, -0.25) is 0 Å². The van der Waals surface area contributed by atoms with E-state index < -0.39 is 0 Å². The van der Waals surface area contributed by atoms with Crippen LogP contribution in [0.1, 0.15) is 81.9 Å². The van der Waals surface area contributed by atoms with Gasteiger partial charge in [0.25, 0.3) is 0 Å². The Morgan fingerprint density at radius 2 is 2.00 bits per heavy atom. The topological polar surface area (TPSA) is 26.3 Å². The number of hydrogen-bond acceptors (Lipinski definition) is 2. The fourth-order valence-corrected chi connectivity index (χ4v) is 8.01. The molecule has 7 atom stereocenters. The average molecular weight is 495 g/mol. The van der Waals surface area contributed by atoms with Crippen LogP contribution < -0.4 is 0 Å². The van der Waals surface area contributed by atoms with Crippen LogP contribution in [0.2, 0.25) is 0 Å². The summed E-state index contributed by atoms with van der Waals surface area (Å²) in [5.41, 5.74) is 5.82. The van der Waals surface area contributed by atoms with E-state index in [1.165, 1.54) is 44.1 Å². The maximum atomic E-state index is 12.3. The van der Waals surface area contributed by atoms with Crippen LogP contribution in [0.3, 0.4) is 0 Å². The van der Waals surface area contributed by atoms with E-state index in [4.69, 9.17) is 4.74 Å². The van der Waals surface area contributed by atoms with E-state index in [0.717, 1.165) is 29.7 Å². The van der Waals surface area contributed by atoms with Gasteiger partial charge in [0.2, 0.25) is 5.97 Å². The molecule has 1 heterocycles. The molecule has 3 aliphatic carbocycles. The summed E-state index contributed by atoms with van der Waals surface area (Å²) < 4.78 is 5.91. The first kappa shape index (κ1) is 23.6. The Morgan fingerprint density at radius 3 is 2.74 bits per heavy atom. The third-order valence-electron chi connectivity index (χ3n) is 9.55. The number of carbonyl (C=O) groups is 1. The quantitative estimate of drug-likeness (QED) is 0.351. The van der Waals surface area contributed by atoms with Gasteiger partial charge in [-0.1, -0.05) is 44.5 Å². The van der Waals surface area contributed by atoms with Crippen molar-refractivity contribution < 1.29 is 42.2 Å². The van der Waals surface area contributed by atoms with Crippen LogP contribution in [-0.2, 0) is 48.7 Å². The Balaban J connectivity index is 0.00000231. The van der Waals surface area contributed by atoms with Gasteiger partial charge in [-0.15, -0.1) is 5.57 Å². The van der Waals surface area contributed by atoms with Crippen molar-refractivity contribution in [3.05, 3.63) is 53.0 Å². The van der Waals surface area contributed by atoms with E-state index >= 15 is 0 Å².